The Balaban J connectivity index is 2.03. The summed E-state index contributed by atoms with van der Waals surface area (Å²) in [6.45, 7) is 8.34. The van der Waals surface area contributed by atoms with Gasteiger partial charge in [-0.2, -0.15) is 0 Å². The molecule has 1 fully saturated rings. The quantitative estimate of drug-likeness (QED) is 0.793. The van der Waals surface area contributed by atoms with E-state index in [0.29, 0.717) is 25.9 Å². The van der Waals surface area contributed by atoms with Crippen molar-refractivity contribution in [3.8, 4) is 0 Å². The summed E-state index contributed by atoms with van der Waals surface area (Å²) in [5.74, 6) is 0.0126. The first kappa shape index (κ1) is 17.5. The highest BCUT2D eigenvalue weighted by Crippen LogP contribution is 2.13. The van der Waals surface area contributed by atoms with Crippen LogP contribution in [0.3, 0.4) is 0 Å². The van der Waals surface area contributed by atoms with Crippen LogP contribution in [0.15, 0.2) is 30.3 Å². The minimum Gasteiger partial charge on any atom is -0.344 e. The standard InChI is InChI=1S/C18H27N3O2/c1-3-20(4-2)12-13-21(14-15-8-6-5-7-9-15)18(23)16-10-11-17(22)19-16/h5-9,16H,3-4,10-14H2,1-2H3,(H,19,22)/t16-/m1/s1. The molecule has 1 aliphatic heterocycles. The van der Waals surface area contributed by atoms with E-state index in [1.165, 1.54) is 0 Å². The summed E-state index contributed by atoms with van der Waals surface area (Å²) in [5, 5.41) is 2.79. The second-order valence-electron chi connectivity index (χ2n) is 5.93. The molecule has 126 valence electrons. The maximum absolute atomic E-state index is 12.8. The zero-order valence-corrected chi connectivity index (χ0v) is 14.1. The van der Waals surface area contributed by atoms with E-state index in [2.05, 4.69) is 24.1 Å². The van der Waals surface area contributed by atoms with Crippen LogP contribution in [0.1, 0.15) is 32.3 Å². The first-order chi connectivity index (χ1) is 11.1. The summed E-state index contributed by atoms with van der Waals surface area (Å²) in [7, 11) is 0. The topological polar surface area (TPSA) is 52.7 Å². The van der Waals surface area contributed by atoms with E-state index in [9.17, 15) is 9.59 Å². The van der Waals surface area contributed by atoms with Gasteiger partial charge in [0.15, 0.2) is 0 Å². The number of hydrogen-bond acceptors (Lipinski definition) is 3. The van der Waals surface area contributed by atoms with Gasteiger partial charge in [0.2, 0.25) is 11.8 Å². The normalized spacial score (nSPS) is 17.3. The molecule has 0 aromatic heterocycles. The molecule has 2 rings (SSSR count). The predicted molar refractivity (Wildman–Crippen MR) is 90.8 cm³/mol. The van der Waals surface area contributed by atoms with Crippen molar-refractivity contribution in [3.05, 3.63) is 35.9 Å². The molecule has 0 saturated carbocycles. The van der Waals surface area contributed by atoms with E-state index < -0.39 is 0 Å². The van der Waals surface area contributed by atoms with Gasteiger partial charge in [-0.1, -0.05) is 44.2 Å². The molecule has 1 aromatic rings. The van der Waals surface area contributed by atoms with Gasteiger partial charge in [0.05, 0.1) is 0 Å². The van der Waals surface area contributed by atoms with Gasteiger partial charge in [-0.3, -0.25) is 9.59 Å². The number of amides is 2. The number of hydrogen-bond donors (Lipinski definition) is 1. The third-order valence-corrected chi connectivity index (χ3v) is 4.40. The van der Waals surface area contributed by atoms with Crippen molar-refractivity contribution in [2.24, 2.45) is 0 Å². The van der Waals surface area contributed by atoms with Crippen molar-refractivity contribution >= 4 is 11.8 Å². The number of nitrogens with zero attached hydrogens (tertiary/aromatic N) is 2. The lowest BCUT2D eigenvalue weighted by molar-refractivity contribution is -0.135. The second kappa shape index (κ2) is 8.67. The zero-order chi connectivity index (χ0) is 16.7. The highest BCUT2D eigenvalue weighted by atomic mass is 16.2. The Bertz CT molecular complexity index is 514. The van der Waals surface area contributed by atoms with Gasteiger partial charge < -0.3 is 15.1 Å². The van der Waals surface area contributed by atoms with Crippen LogP contribution < -0.4 is 5.32 Å². The van der Waals surface area contributed by atoms with E-state index in [4.69, 9.17) is 0 Å². The predicted octanol–water partition coefficient (Wildman–Crippen LogP) is 1.64. The van der Waals surface area contributed by atoms with Gasteiger partial charge >= 0.3 is 0 Å². The highest BCUT2D eigenvalue weighted by molar-refractivity contribution is 5.90. The fourth-order valence-corrected chi connectivity index (χ4v) is 2.89. The van der Waals surface area contributed by atoms with Crippen LogP contribution in [-0.4, -0.2) is 53.8 Å². The molecule has 1 aromatic carbocycles. The Hall–Kier alpha value is -1.88. The van der Waals surface area contributed by atoms with E-state index in [1.807, 2.05) is 35.2 Å². The summed E-state index contributed by atoms with van der Waals surface area (Å²) >= 11 is 0. The van der Waals surface area contributed by atoms with Crippen LogP contribution in [-0.2, 0) is 16.1 Å². The van der Waals surface area contributed by atoms with Crippen LogP contribution in [0, 0.1) is 0 Å². The third-order valence-electron chi connectivity index (χ3n) is 4.40. The molecule has 5 heteroatoms. The monoisotopic (exact) mass is 317 g/mol. The second-order valence-corrected chi connectivity index (χ2v) is 5.93. The number of rotatable bonds is 8. The summed E-state index contributed by atoms with van der Waals surface area (Å²) in [6.07, 6.45) is 1.06. The molecule has 1 atom stereocenters. The van der Waals surface area contributed by atoms with Crippen LogP contribution in [0.2, 0.25) is 0 Å². The lowest BCUT2D eigenvalue weighted by atomic mass is 10.1. The van der Waals surface area contributed by atoms with Gasteiger partial charge in [0.25, 0.3) is 0 Å². The summed E-state index contributed by atoms with van der Waals surface area (Å²) < 4.78 is 0. The smallest absolute Gasteiger partial charge is 0.245 e. The molecule has 0 aliphatic carbocycles. The maximum Gasteiger partial charge on any atom is 0.245 e. The minimum absolute atomic E-state index is 0.0215. The molecule has 0 radical (unpaired) electrons. The Morgan fingerprint density at radius 3 is 2.43 bits per heavy atom. The first-order valence-electron chi connectivity index (χ1n) is 8.48. The van der Waals surface area contributed by atoms with Crippen molar-refractivity contribution in [2.75, 3.05) is 26.2 Å². The van der Waals surface area contributed by atoms with E-state index in [-0.39, 0.29) is 17.9 Å². The third kappa shape index (κ3) is 5.06. The minimum atomic E-state index is -0.358. The molecule has 1 heterocycles. The Morgan fingerprint density at radius 1 is 1.17 bits per heavy atom. The van der Waals surface area contributed by atoms with Crippen LogP contribution >= 0.6 is 0 Å². The molecule has 0 spiro atoms. The Morgan fingerprint density at radius 2 is 1.87 bits per heavy atom. The lowest BCUT2D eigenvalue weighted by Crippen LogP contribution is -2.46. The Labute approximate surface area is 138 Å². The van der Waals surface area contributed by atoms with Gasteiger partial charge in [-0.05, 0) is 25.1 Å². The van der Waals surface area contributed by atoms with Crippen molar-refractivity contribution < 1.29 is 9.59 Å². The van der Waals surface area contributed by atoms with Crippen LogP contribution in [0.25, 0.3) is 0 Å². The molecule has 0 bridgehead atoms. The van der Waals surface area contributed by atoms with E-state index >= 15 is 0 Å². The molecular weight excluding hydrogens is 290 g/mol. The fourth-order valence-electron chi connectivity index (χ4n) is 2.89. The summed E-state index contributed by atoms with van der Waals surface area (Å²) in [4.78, 5) is 28.4. The van der Waals surface area contributed by atoms with Crippen LogP contribution in [0.5, 0.6) is 0 Å². The van der Waals surface area contributed by atoms with Gasteiger partial charge in [0, 0.05) is 26.1 Å². The molecule has 1 aliphatic rings. The van der Waals surface area contributed by atoms with Gasteiger partial charge in [0.1, 0.15) is 6.04 Å². The number of nitrogens with one attached hydrogen (secondary N) is 1. The molecule has 2 amide bonds. The molecule has 1 N–H and O–H groups in total. The van der Waals surface area contributed by atoms with Crippen molar-refractivity contribution in [1.29, 1.82) is 0 Å². The summed E-state index contributed by atoms with van der Waals surface area (Å²) in [5.41, 5.74) is 1.12. The highest BCUT2D eigenvalue weighted by Gasteiger charge is 2.30. The molecule has 23 heavy (non-hydrogen) atoms. The molecule has 0 unspecified atom stereocenters. The van der Waals surface area contributed by atoms with Crippen molar-refractivity contribution in [1.82, 2.24) is 15.1 Å². The van der Waals surface area contributed by atoms with Crippen molar-refractivity contribution in [2.45, 2.75) is 39.3 Å². The lowest BCUT2D eigenvalue weighted by Gasteiger charge is -2.28. The molecule has 1 saturated heterocycles. The number of carbonyl (C=O) groups excluding carboxylic acids is 2. The van der Waals surface area contributed by atoms with Gasteiger partial charge in [-0.15, -0.1) is 0 Å². The Kier molecular flexibility index (Phi) is 6.59. The van der Waals surface area contributed by atoms with E-state index in [1.54, 1.807) is 0 Å². The van der Waals surface area contributed by atoms with Crippen LogP contribution in [0.4, 0.5) is 0 Å². The SMILES string of the molecule is CCN(CC)CCN(Cc1ccccc1)C(=O)[C@H]1CCC(=O)N1. The average Bonchev–Trinajstić information content (AvgIpc) is 3.01. The largest absolute Gasteiger partial charge is 0.344 e. The fraction of sp³-hybridized carbons (Fsp3) is 0.556. The summed E-state index contributed by atoms with van der Waals surface area (Å²) in [6, 6.07) is 9.65. The first-order valence-corrected chi connectivity index (χ1v) is 8.48. The zero-order valence-electron chi connectivity index (χ0n) is 14.1. The number of benzene rings is 1. The molecule has 5 nitrogen and oxygen atoms in total. The van der Waals surface area contributed by atoms with Crippen molar-refractivity contribution in [3.63, 3.8) is 0 Å². The van der Waals surface area contributed by atoms with Gasteiger partial charge in [-0.25, -0.2) is 0 Å². The average molecular weight is 317 g/mol. The van der Waals surface area contributed by atoms with E-state index in [0.717, 1.165) is 25.2 Å². The number of likely N-dealkylation sites (N-methyl/N-ethyl adjacent to an activating group) is 1. The number of carbonyl (C=O) groups is 2. The molecular formula is C18H27N3O2. The maximum atomic E-state index is 12.8.